The Morgan fingerprint density at radius 2 is 1.76 bits per heavy atom. The van der Waals surface area contributed by atoms with Crippen LogP contribution in [0.15, 0.2) is 54.7 Å². The minimum Gasteiger partial charge on any atom is -0.382 e. The monoisotopic (exact) mass is 526 g/mol. The molecule has 0 saturated carbocycles. The summed E-state index contributed by atoms with van der Waals surface area (Å²) in [6.45, 7) is 6.23. The topological polar surface area (TPSA) is 165 Å². The molecule has 0 saturated heterocycles. The fourth-order valence-corrected chi connectivity index (χ4v) is 3.60. The van der Waals surface area contributed by atoms with Crippen LogP contribution in [-0.2, 0) is 16.7 Å². The van der Waals surface area contributed by atoms with Gasteiger partial charge >= 0.3 is 10.1 Å². The second-order valence-electron chi connectivity index (χ2n) is 8.79. The quantitative estimate of drug-likeness (QED) is 0.275. The molecule has 12 heteroatoms. The Hall–Kier alpha value is -4.19. The Bertz CT molecular complexity index is 1380. The number of amides is 2. The first kappa shape index (κ1) is 27.4. The first-order chi connectivity index (χ1) is 17.4. The number of nitrogens with one attached hydrogen (secondary N) is 3. The molecule has 196 valence electrons. The van der Waals surface area contributed by atoms with Crippen LogP contribution in [0.3, 0.4) is 0 Å². The van der Waals surface area contributed by atoms with Gasteiger partial charge in [0.15, 0.2) is 5.75 Å². The smallest absolute Gasteiger partial charge is 0.306 e. The molecule has 1 heterocycles. The van der Waals surface area contributed by atoms with Crippen LogP contribution in [-0.4, -0.2) is 42.5 Å². The van der Waals surface area contributed by atoms with Crippen LogP contribution in [0, 0.1) is 5.92 Å². The lowest BCUT2D eigenvalue weighted by Gasteiger charge is -2.20. The highest BCUT2D eigenvalue weighted by Gasteiger charge is 2.19. The highest BCUT2D eigenvalue weighted by Crippen LogP contribution is 2.27. The Morgan fingerprint density at radius 1 is 1.05 bits per heavy atom. The standard InChI is InChI=1S/C25H30N6O5S/c1-15(2)16(3)29-23-20(22(26)32)14-28-25(31-23)30-18-10-11-19(21(12-18)36-37(4,34)35)24(33)27-13-17-8-6-5-7-9-17/h5-12,14-16H,13H2,1-4H3,(H2,26,32)(H,27,33)(H2,28,29,30,31)/t16-/m1/s1. The minimum absolute atomic E-state index is 0.00991. The number of carbonyl (C=O) groups excluding carboxylic acids is 2. The Labute approximate surface area is 216 Å². The number of benzene rings is 2. The van der Waals surface area contributed by atoms with E-state index in [1.165, 1.54) is 18.3 Å². The first-order valence-electron chi connectivity index (χ1n) is 11.5. The summed E-state index contributed by atoms with van der Waals surface area (Å²) in [4.78, 5) is 33.1. The summed E-state index contributed by atoms with van der Waals surface area (Å²) >= 11 is 0. The van der Waals surface area contributed by atoms with Crippen molar-refractivity contribution in [1.82, 2.24) is 15.3 Å². The molecule has 3 rings (SSSR count). The lowest BCUT2D eigenvalue weighted by molar-refractivity contribution is 0.0948. The van der Waals surface area contributed by atoms with E-state index in [9.17, 15) is 18.0 Å². The van der Waals surface area contributed by atoms with E-state index in [2.05, 4.69) is 25.9 Å². The number of primary amides is 1. The van der Waals surface area contributed by atoms with Gasteiger partial charge in [-0.15, -0.1) is 0 Å². The highest BCUT2D eigenvalue weighted by molar-refractivity contribution is 7.86. The molecule has 1 atom stereocenters. The normalized spacial score (nSPS) is 12.0. The van der Waals surface area contributed by atoms with E-state index < -0.39 is 21.9 Å². The molecule has 5 N–H and O–H groups in total. The Kier molecular flexibility index (Phi) is 8.66. The molecule has 11 nitrogen and oxygen atoms in total. The average molecular weight is 527 g/mol. The third-order valence-electron chi connectivity index (χ3n) is 5.44. The van der Waals surface area contributed by atoms with Crippen LogP contribution in [0.25, 0.3) is 0 Å². The number of nitrogens with zero attached hydrogens (tertiary/aromatic N) is 2. The number of anilines is 3. The van der Waals surface area contributed by atoms with E-state index >= 15 is 0 Å². The molecule has 0 spiro atoms. The van der Waals surface area contributed by atoms with Gasteiger partial charge in [-0.2, -0.15) is 13.4 Å². The third kappa shape index (κ3) is 7.90. The largest absolute Gasteiger partial charge is 0.382 e. The zero-order valence-corrected chi connectivity index (χ0v) is 21.8. The van der Waals surface area contributed by atoms with E-state index in [1.807, 2.05) is 51.1 Å². The van der Waals surface area contributed by atoms with Crippen molar-refractivity contribution in [3.05, 3.63) is 71.4 Å². The maximum Gasteiger partial charge on any atom is 0.306 e. The van der Waals surface area contributed by atoms with Gasteiger partial charge in [0.2, 0.25) is 5.95 Å². The molecule has 1 aromatic heterocycles. The zero-order valence-electron chi connectivity index (χ0n) is 21.0. The van der Waals surface area contributed by atoms with Crippen molar-refractivity contribution in [2.24, 2.45) is 11.7 Å². The van der Waals surface area contributed by atoms with Crippen molar-refractivity contribution in [3.63, 3.8) is 0 Å². The molecule has 3 aromatic rings. The number of rotatable bonds is 11. The summed E-state index contributed by atoms with van der Waals surface area (Å²) in [5.74, 6) is -0.724. The number of carbonyl (C=O) groups is 2. The summed E-state index contributed by atoms with van der Waals surface area (Å²) in [6.07, 6.45) is 2.19. The van der Waals surface area contributed by atoms with Crippen LogP contribution in [0.5, 0.6) is 5.75 Å². The summed E-state index contributed by atoms with van der Waals surface area (Å²) in [6, 6.07) is 13.6. The van der Waals surface area contributed by atoms with Crippen molar-refractivity contribution in [1.29, 1.82) is 0 Å². The first-order valence-corrected chi connectivity index (χ1v) is 13.3. The van der Waals surface area contributed by atoms with Crippen LogP contribution >= 0.6 is 0 Å². The molecule has 0 aliphatic rings. The van der Waals surface area contributed by atoms with Crippen molar-refractivity contribution >= 4 is 39.4 Å². The van der Waals surface area contributed by atoms with Crippen LogP contribution in [0.2, 0.25) is 0 Å². The van der Waals surface area contributed by atoms with Crippen molar-refractivity contribution in [2.45, 2.75) is 33.4 Å². The predicted molar refractivity (Wildman–Crippen MR) is 141 cm³/mol. The number of aromatic nitrogens is 2. The molecular formula is C25H30N6O5S. The number of nitrogens with two attached hydrogens (primary N) is 1. The summed E-state index contributed by atoms with van der Waals surface area (Å²) < 4.78 is 28.8. The summed E-state index contributed by atoms with van der Waals surface area (Å²) in [5.41, 5.74) is 6.86. The Morgan fingerprint density at radius 3 is 2.38 bits per heavy atom. The summed E-state index contributed by atoms with van der Waals surface area (Å²) in [5, 5.41) is 8.86. The summed E-state index contributed by atoms with van der Waals surface area (Å²) in [7, 11) is -3.93. The molecule has 0 aliphatic heterocycles. The minimum atomic E-state index is -3.93. The van der Waals surface area contributed by atoms with E-state index in [1.54, 1.807) is 6.07 Å². The van der Waals surface area contributed by atoms with Crippen LogP contribution in [0.1, 0.15) is 47.1 Å². The van der Waals surface area contributed by atoms with Gasteiger partial charge in [0.05, 0.1) is 17.4 Å². The molecule has 0 bridgehead atoms. The van der Waals surface area contributed by atoms with E-state index in [0.717, 1.165) is 11.8 Å². The third-order valence-corrected chi connectivity index (χ3v) is 5.92. The fraction of sp³-hybridized carbons (Fsp3) is 0.280. The molecule has 0 fully saturated rings. The van der Waals surface area contributed by atoms with Gasteiger partial charge < -0.3 is 25.9 Å². The number of hydrogen-bond donors (Lipinski definition) is 4. The maximum atomic E-state index is 12.8. The lowest BCUT2D eigenvalue weighted by atomic mass is 10.1. The average Bonchev–Trinajstić information content (AvgIpc) is 2.82. The molecular weight excluding hydrogens is 496 g/mol. The second kappa shape index (κ2) is 11.7. The molecule has 2 aromatic carbocycles. The van der Waals surface area contributed by atoms with Crippen LogP contribution in [0.4, 0.5) is 17.5 Å². The van der Waals surface area contributed by atoms with Gasteiger partial charge in [-0.3, -0.25) is 9.59 Å². The van der Waals surface area contributed by atoms with Gasteiger partial charge in [0.25, 0.3) is 11.8 Å². The lowest BCUT2D eigenvalue weighted by Crippen LogP contribution is -2.25. The molecule has 0 radical (unpaired) electrons. The van der Waals surface area contributed by atoms with Gasteiger partial charge in [-0.05, 0) is 30.5 Å². The van der Waals surface area contributed by atoms with Gasteiger partial charge in [0, 0.05) is 30.5 Å². The van der Waals surface area contributed by atoms with Crippen LogP contribution < -0.4 is 25.9 Å². The fourth-order valence-electron chi connectivity index (χ4n) is 3.14. The van der Waals surface area contributed by atoms with Gasteiger partial charge in [-0.1, -0.05) is 44.2 Å². The zero-order chi connectivity index (χ0) is 27.2. The van der Waals surface area contributed by atoms with Gasteiger partial charge in [0.1, 0.15) is 5.82 Å². The maximum absolute atomic E-state index is 12.8. The molecule has 0 unspecified atom stereocenters. The van der Waals surface area contributed by atoms with Crippen molar-refractivity contribution in [2.75, 3.05) is 16.9 Å². The van der Waals surface area contributed by atoms with E-state index in [0.29, 0.717) is 5.69 Å². The predicted octanol–water partition coefficient (Wildman–Crippen LogP) is 3.04. The SMILES string of the molecule is CC(C)[C@@H](C)Nc1nc(Nc2ccc(C(=O)NCc3ccccc3)c(OS(C)(=O)=O)c2)ncc1C(N)=O. The highest BCUT2D eigenvalue weighted by atomic mass is 32.2. The molecule has 37 heavy (non-hydrogen) atoms. The van der Waals surface area contributed by atoms with Crippen molar-refractivity contribution in [3.8, 4) is 5.75 Å². The molecule has 0 aliphatic carbocycles. The van der Waals surface area contributed by atoms with E-state index in [-0.39, 0.29) is 47.1 Å². The Balaban J connectivity index is 1.88. The number of hydrogen-bond acceptors (Lipinski definition) is 9. The van der Waals surface area contributed by atoms with Gasteiger partial charge in [-0.25, -0.2) is 4.98 Å². The second-order valence-corrected chi connectivity index (χ2v) is 10.4. The molecule has 2 amide bonds. The van der Waals surface area contributed by atoms with Crippen molar-refractivity contribution < 1.29 is 22.2 Å². The van der Waals surface area contributed by atoms with E-state index in [4.69, 9.17) is 9.92 Å².